The molecule has 0 radical (unpaired) electrons. The van der Waals surface area contributed by atoms with Crippen molar-refractivity contribution >= 4 is 35.2 Å². The summed E-state index contributed by atoms with van der Waals surface area (Å²) in [5.41, 5.74) is 0.229. The highest BCUT2D eigenvalue weighted by Crippen LogP contribution is 2.42. The third kappa shape index (κ3) is 4.31. The van der Waals surface area contributed by atoms with Crippen molar-refractivity contribution in [2.75, 3.05) is 26.2 Å². The molecule has 2 saturated heterocycles. The molecule has 0 bridgehead atoms. The summed E-state index contributed by atoms with van der Waals surface area (Å²) in [5.74, 6) is -0.593. The van der Waals surface area contributed by atoms with Gasteiger partial charge in [0.1, 0.15) is 5.75 Å². The summed E-state index contributed by atoms with van der Waals surface area (Å²) >= 11 is 12.2. The van der Waals surface area contributed by atoms with Crippen molar-refractivity contribution in [1.29, 1.82) is 0 Å². The van der Waals surface area contributed by atoms with Crippen molar-refractivity contribution in [2.24, 2.45) is 11.8 Å². The highest BCUT2D eigenvalue weighted by atomic mass is 35.5. The van der Waals surface area contributed by atoms with Gasteiger partial charge in [-0.15, -0.1) is 0 Å². The first kappa shape index (κ1) is 21.0. The van der Waals surface area contributed by atoms with E-state index < -0.39 is 12.2 Å². The molecule has 7 nitrogen and oxygen atoms in total. The summed E-state index contributed by atoms with van der Waals surface area (Å²) < 4.78 is 0. The standard InChI is InChI=1S/C19H24Cl2N2O5/c20-13-3-4-14(24)15(16(13)21)17(25)11-2-1-7-22(8-5-11)18(26)12-6-9-23(10-12)19(27)28/h3-4,11-12,17,24-25H,1-2,5-10H2,(H,27,28)/t11-,12+,17-/m1/s1. The number of likely N-dealkylation sites (tertiary alicyclic amines) is 2. The van der Waals surface area contributed by atoms with Crippen molar-refractivity contribution in [2.45, 2.75) is 31.8 Å². The van der Waals surface area contributed by atoms with Crippen LogP contribution in [0.2, 0.25) is 10.0 Å². The summed E-state index contributed by atoms with van der Waals surface area (Å²) in [6.45, 7) is 1.67. The van der Waals surface area contributed by atoms with Gasteiger partial charge in [0, 0.05) is 31.7 Å². The molecule has 3 atom stereocenters. The monoisotopic (exact) mass is 430 g/mol. The second-order valence-corrected chi connectivity index (χ2v) is 8.25. The lowest BCUT2D eigenvalue weighted by Gasteiger charge is -2.25. The van der Waals surface area contributed by atoms with E-state index in [2.05, 4.69) is 0 Å². The van der Waals surface area contributed by atoms with Crippen LogP contribution < -0.4 is 0 Å². The number of carbonyl (C=O) groups excluding carboxylic acids is 1. The molecule has 1 aromatic carbocycles. The first-order valence-corrected chi connectivity index (χ1v) is 10.2. The van der Waals surface area contributed by atoms with E-state index in [0.717, 1.165) is 0 Å². The van der Waals surface area contributed by atoms with E-state index in [1.807, 2.05) is 0 Å². The number of hydrogen-bond acceptors (Lipinski definition) is 4. The topological polar surface area (TPSA) is 101 Å². The lowest BCUT2D eigenvalue weighted by Crippen LogP contribution is -2.38. The number of carboxylic acid groups (broad SMARTS) is 1. The fourth-order valence-corrected chi connectivity index (χ4v) is 4.56. The fraction of sp³-hybridized carbons (Fsp3) is 0.579. The van der Waals surface area contributed by atoms with Crippen LogP contribution in [0.3, 0.4) is 0 Å². The van der Waals surface area contributed by atoms with Gasteiger partial charge in [-0.25, -0.2) is 4.79 Å². The molecule has 0 aromatic heterocycles. The van der Waals surface area contributed by atoms with Crippen LogP contribution in [0.5, 0.6) is 5.75 Å². The number of phenolic OH excluding ortho intramolecular Hbond substituents is 1. The third-order valence-corrected chi connectivity index (χ3v) is 6.56. The largest absolute Gasteiger partial charge is 0.508 e. The minimum absolute atomic E-state index is 0.0254. The van der Waals surface area contributed by atoms with Gasteiger partial charge in [0.05, 0.1) is 22.1 Å². The van der Waals surface area contributed by atoms with Crippen LogP contribution >= 0.6 is 23.2 Å². The molecule has 0 unspecified atom stereocenters. The summed E-state index contributed by atoms with van der Waals surface area (Å²) in [4.78, 5) is 26.9. The first-order chi connectivity index (χ1) is 13.3. The van der Waals surface area contributed by atoms with Crippen LogP contribution in [0.25, 0.3) is 0 Å². The van der Waals surface area contributed by atoms with Crippen molar-refractivity contribution in [1.82, 2.24) is 9.80 Å². The molecule has 0 saturated carbocycles. The van der Waals surface area contributed by atoms with Crippen LogP contribution in [0.4, 0.5) is 4.79 Å². The smallest absolute Gasteiger partial charge is 0.407 e. The van der Waals surface area contributed by atoms with Crippen LogP contribution in [0, 0.1) is 11.8 Å². The van der Waals surface area contributed by atoms with E-state index in [1.165, 1.54) is 17.0 Å². The SMILES string of the molecule is O=C(O)N1CC[C@H](C(=O)N2CCC[C@@H]([C@@H](O)c3c(O)ccc(Cl)c3Cl)CC2)C1. The van der Waals surface area contributed by atoms with E-state index in [-0.39, 0.29) is 45.6 Å². The maximum Gasteiger partial charge on any atom is 0.407 e. The third-order valence-electron chi connectivity index (χ3n) is 5.74. The molecule has 2 heterocycles. The summed E-state index contributed by atoms with van der Waals surface area (Å²) in [6.07, 6.45) is 0.522. The Morgan fingerprint density at radius 3 is 2.46 bits per heavy atom. The van der Waals surface area contributed by atoms with Crippen LogP contribution in [0.1, 0.15) is 37.4 Å². The highest BCUT2D eigenvalue weighted by Gasteiger charge is 2.35. The molecule has 0 aliphatic carbocycles. The number of carbonyl (C=O) groups is 2. The Morgan fingerprint density at radius 2 is 1.79 bits per heavy atom. The zero-order chi connectivity index (χ0) is 20.4. The lowest BCUT2D eigenvalue weighted by molar-refractivity contribution is -0.135. The van der Waals surface area contributed by atoms with Crippen molar-refractivity contribution in [3.63, 3.8) is 0 Å². The van der Waals surface area contributed by atoms with Crippen molar-refractivity contribution < 1.29 is 24.9 Å². The lowest BCUT2D eigenvalue weighted by atomic mass is 9.89. The number of hydrogen-bond donors (Lipinski definition) is 3. The molecule has 2 aliphatic heterocycles. The molecular formula is C19H24Cl2N2O5. The van der Waals surface area contributed by atoms with Gasteiger partial charge >= 0.3 is 6.09 Å². The van der Waals surface area contributed by atoms with Crippen LogP contribution in [-0.4, -0.2) is 63.3 Å². The first-order valence-electron chi connectivity index (χ1n) is 9.41. The van der Waals surface area contributed by atoms with Gasteiger partial charge in [0.15, 0.2) is 0 Å². The maximum atomic E-state index is 12.8. The van der Waals surface area contributed by atoms with Gasteiger partial charge in [0.25, 0.3) is 0 Å². The average molecular weight is 431 g/mol. The van der Waals surface area contributed by atoms with Gasteiger partial charge < -0.3 is 25.1 Å². The minimum atomic E-state index is -0.993. The predicted octanol–water partition coefficient (Wildman–Crippen LogP) is 3.36. The van der Waals surface area contributed by atoms with Crippen LogP contribution in [0.15, 0.2) is 12.1 Å². The molecule has 154 valence electrons. The number of rotatable bonds is 3. The second-order valence-electron chi connectivity index (χ2n) is 7.47. The maximum absolute atomic E-state index is 12.8. The Labute approximate surface area is 173 Å². The number of aromatic hydroxyl groups is 1. The Morgan fingerprint density at radius 1 is 1.07 bits per heavy atom. The molecule has 2 amide bonds. The number of halogens is 2. The number of phenols is 1. The van der Waals surface area contributed by atoms with E-state index >= 15 is 0 Å². The zero-order valence-corrected chi connectivity index (χ0v) is 16.9. The average Bonchev–Trinajstić information content (AvgIpc) is 3.03. The van der Waals surface area contributed by atoms with E-state index in [4.69, 9.17) is 28.3 Å². The molecule has 2 fully saturated rings. The molecule has 9 heteroatoms. The normalized spacial score (nSPS) is 24.1. The minimum Gasteiger partial charge on any atom is -0.508 e. The van der Waals surface area contributed by atoms with E-state index in [9.17, 15) is 19.8 Å². The number of aliphatic hydroxyl groups is 1. The molecule has 3 N–H and O–H groups in total. The molecule has 2 aliphatic rings. The Bertz CT molecular complexity index is 760. The molecule has 0 spiro atoms. The quantitative estimate of drug-likeness (QED) is 0.682. The molecule has 3 rings (SSSR count). The highest BCUT2D eigenvalue weighted by molar-refractivity contribution is 6.42. The fourth-order valence-electron chi connectivity index (χ4n) is 4.13. The molecule has 1 aromatic rings. The second kappa shape index (κ2) is 8.76. The van der Waals surface area contributed by atoms with E-state index in [1.54, 1.807) is 4.90 Å². The number of benzene rings is 1. The summed E-state index contributed by atoms with van der Waals surface area (Å²) in [7, 11) is 0. The Kier molecular flexibility index (Phi) is 6.58. The Hall–Kier alpha value is -1.70. The summed E-state index contributed by atoms with van der Waals surface area (Å²) in [5, 5.41) is 30.4. The number of aliphatic hydroxyl groups excluding tert-OH is 1. The van der Waals surface area contributed by atoms with Gasteiger partial charge in [-0.05, 0) is 43.7 Å². The van der Waals surface area contributed by atoms with Crippen molar-refractivity contribution in [3.8, 4) is 5.75 Å². The van der Waals surface area contributed by atoms with Gasteiger partial charge in [-0.1, -0.05) is 23.2 Å². The number of amides is 2. The van der Waals surface area contributed by atoms with Gasteiger partial charge in [-0.2, -0.15) is 0 Å². The van der Waals surface area contributed by atoms with Gasteiger partial charge in [0.2, 0.25) is 5.91 Å². The van der Waals surface area contributed by atoms with Crippen molar-refractivity contribution in [3.05, 3.63) is 27.7 Å². The Balaban J connectivity index is 1.65. The predicted molar refractivity (Wildman–Crippen MR) is 105 cm³/mol. The van der Waals surface area contributed by atoms with Crippen LogP contribution in [-0.2, 0) is 4.79 Å². The molecule has 28 heavy (non-hydrogen) atoms. The van der Waals surface area contributed by atoms with Gasteiger partial charge in [-0.3, -0.25) is 4.79 Å². The van der Waals surface area contributed by atoms with E-state index in [0.29, 0.717) is 45.3 Å². The summed E-state index contributed by atoms with van der Waals surface area (Å²) in [6, 6.07) is 2.89. The molecular weight excluding hydrogens is 407 g/mol. The number of nitrogens with zero attached hydrogens (tertiary/aromatic N) is 2. The zero-order valence-electron chi connectivity index (χ0n) is 15.4.